The lowest BCUT2D eigenvalue weighted by Crippen LogP contribution is -2.38. The summed E-state index contributed by atoms with van der Waals surface area (Å²) in [4.78, 5) is 18.4. The van der Waals surface area contributed by atoms with Crippen molar-refractivity contribution >= 4 is 5.91 Å². The van der Waals surface area contributed by atoms with Crippen molar-refractivity contribution in [3.8, 4) is 5.75 Å². The second-order valence-electron chi connectivity index (χ2n) is 6.14. The first kappa shape index (κ1) is 16.4. The van der Waals surface area contributed by atoms with E-state index in [2.05, 4.69) is 4.98 Å². The first-order valence-electron chi connectivity index (χ1n) is 8.19. The number of likely N-dealkylation sites (tertiary alicyclic amines) is 1. The highest BCUT2D eigenvalue weighted by Crippen LogP contribution is 2.24. The second kappa shape index (κ2) is 7.43. The van der Waals surface area contributed by atoms with Gasteiger partial charge in [0.1, 0.15) is 0 Å². The number of carbonyl (C=O) groups is 1. The third kappa shape index (κ3) is 3.72. The van der Waals surface area contributed by atoms with Crippen LogP contribution in [-0.4, -0.2) is 36.0 Å². The van der Waals surface area contributed by atoms with Crippen LogP contribution in [0.1, 0.15) is 28.8 Å². The van der Waals surface area contributed by atoms with E-state index in [4.69, 9.17) is 4.74 Å². The summed E-state index contributed by atoms with van der Waals surface area (Å²) in [6, 6.07) is 8.45. The first-order valence-corrected chi connectivity index (χ1v) is 8.19. The molecule has 5 heteroatoms. The zero-order valence-electron chi connectivity index (χ0n) is 13.7. The van der Waals surface area contributed by atoms with E-state index in [1.165, 1.54) is 24.8 Å². The zero-order valence-corrected chi connectivity index (χ0v) is 13.7. The Bertz CT molecular complexity index is 698. The average Bonchev–Trinajstić information content (AvgIpc) is 2.62. The summed E-state index contributed by atoms with van der Waals surface area (Å²) < 4.78 is 18.7. The molecule has 0 N–H and O–H groups in total. The standard InChI is InChI=1S/C19H21FN2O2/c1-24-18-3-2-16(13-17(18)20)19(23)22-10-6-15(7-11-22)12-14-4-8-21-9-5-14/h2-5,8-9,13,15H,6-7,10-12H2,1H3. The topological polar surface area (TPSA) is 42.4 Å². The summed E-state index contributed by atoms with van der Waals surface area (Å²) in [5.74, 6) is 0.112. The molecule has 0 saturated carbocycles. The lowest BCUT2D eigenvalue weighted by molar-refractivity contribution is 0.0690. The van der Waals surface area contributed by atoms with Crippen molar-refractivity contribution in [1.82, 2.24) is 9.88 Å². The van der Waals surface area contributed by atoms with Gasteiger partial charge in [0, 0.05) is 31.0 Å². The fourth-order valence-electron chi connectivity index (χ4n) is 3.17. The number of aromatic nitrogens is 1. The van der Waals surface area contributed by atoms with Gasteiger partial charge in [-0.15, -0.1) is 0 Å². The van der Waals surface area contributed by atoms with Crippen LogP contribution in [-0.2, 0) is 6.42 Å². The number of halogens is 1. The molecular formula is C19H21FN2O2. The minimum Gasteiger partial charge on any atom is -0.494 e. The van der Waals surface area contributed by atoms with Crippen LogP contribution in [0, 0.1) is 11.7 Å². The fourth-order valence-corrected chi connectivity index (χ4v) is 3.17. The molecule has 126 valence electrons. The van der Waals surface area contributed by atoms with Gasteiger partial charge < -0.3 is 9.64 Å². The predicted molar refractivity (Wildman–Crippen MR) is 89.5 cm³/mol. The van der Waals surface area contributed by atoms with Crippen molar-refractivity contribution in [2.24, 2.45) is 5.92 Å². The molecule has 0 atom stereocenters. The SMILES string of the molecule is COc1ccc(C(=O)N2CCC(Cc3ccncc3)CC2)cc1F. The van der Waals surface area contributed by atoms with E-state index in [1.807, 2.05) is 29.4 Å². The minimum atomic E-state index is -0.504. The van der Waals surface area contributed by atoms with E-state index >= 15 is 0 Å². The quantitative estimate of drug-likeness (QED) is 0.864. The molecule has 3 rings (SSSR count). The Kier molecular flexibility index (Phi) is 5.08. The summed E-state index contributed by atoms with van der Waals surface area (Å²) in [7, 11) is 1.41. The summed E-state index contributed by atoms with van der Waals surface area (Å²) in [5.41, 5.74) is 1.66. The van der Waals surface area contributed by atoms with E-state index < -0.39 is 5.82 Å². The summed E-state index contributed by atoms with van der Waals surface area (Å²) in [6.45, 7) is 1.42. The Morgan fingerprint density at radius 2 is 1.96 bits per heavy atom. The van der Waals surface area contributed by atoms with Crippen LogP contribution in [0.5, 0.6) is 5.75 Å². The maximum absolute atomic E-state index is 13.8. The molecule has 0 aliphatic carbocycles. The van der Waals surface area contributed by atoms with Crippen LogP contribution in [0.15, 0.2) is 42.7 Å². The van der Waals surface area contributed by atoms with Gasteiger partial charge in [0.25, 0.3) is 5.91 Å². The maximum Gasteiger partial charge on any atom is 0.253 e. The van der Waals surface area contributed by atoms with E-state index in [1.54, 1.807) is 6.07 Å². The number of carbonyl (C=O) groups excluding carboxylic acids is 1. The van der Waals surface area contributed by atoms with Crippen molar-refractivity contribution in [1.29, 1.82) is 0 Å². The van der Waals surface area contributed by atoms with Gasteiger partial charge in [0.2, 0.25) is 0 Å². The molecule has 24 heavy (non-hydrogen) atoms. The van der Waals surface area contributed by atoms with Crippen molar-refractivity contribution < 1.29 is 13.9 Å². The van der Waals surface area contributed by atoms with Gasteiger partial charge in [0.05, 0.1) is 7.11 Å². The van der Waals surface area contributed by atoms with E-state index in [0.29, 0.717) is 24.6 Å². The molecule has 2 aromatic rings. The predicted octanol–water partition coefficient (Wildman–Crippen LogP) is 3.32. The molecule has 0 radical (unpaired) electrons. The number of nitrogens with zero attached hydrogens (tertiary/aromatic N) is 2. The smallest absolute Gasteiger partial charge is 0.253 e. The monoisotopic (exact) mass is 328 g/mol. The number of piperidine rings is 1. The zero-order chi connectivity index (χ0) is 16.9. The Morgan fingerprint density at radius 1 is 1.25 bits per heavy atom. The number of hydrogen-bond acceptors (Lipinski definition) is 3. The summed E-state index contributed by atoms with van der Waals surface area (Å²) in [6.07, 6.45) is 6.57. The second-order valence-corrected chi connectivity index (χ2v) is 6.14. The van der Waals surface area contributed by atoms with Crippen molar-refractivity contribution in [2.45, 2.75) is 19.3 Å². The third-order valence-electron chi connectivity index (χ3n) is 4.57. The largest absolute Gasteiger partial charge is 0.494 e. The maximum atomic E-state index is 13.8. The van der Waals surface area contributed by atoms with Crippen LogP contribution < -0.4 is 4.74 Å². The highest BCUT2D eigenvalue weighted by molar-refractivity contribution is 5.94. The van der Waals surface area contributed by atoms with Crippen LogP contribution in [0.4, 0.5) is 4.39 Å². The molecule has 1 amide bonds. The number of rotatable bonds is 4. The number of benzene rings is 1. The fraction of sp³-hybridized carbons (Fsp3) is 0.368. The summed E-state index contributed by atoms with van der Waals surface area (Å²) in [5, 5.41) is 0. The molecule has 1 aromatic carbocycles. The number of hydrogen-bond donors (Lipinski definition) is 0. The molecule has 1 saturated heterocycles. The van der Waals surface area contributed by atoms with E-state index in [0.717, 1.165) is 19.3 Å². The molecule has 1 aliphatic rings. The van der Waals surface area contributed by atoms with Crippen molar-refractivity contribution in [2.75, 3.05) is 20.2 Å². The highest BCUT2D eigenvalue weighted by atomic mass is 19.1. The number of pyridine rings is 1. The average molecular weight is 328 g/mol. The molecule has 0 unspecified atom stereocenters. The van der Waals surface area contributed by atoms with Crippen molar-refractivity contribution in [3.63, 3.8) is 0 Å². The Labute approximate surface area is 141 Å². The number of ether oxygens (including phenoxy) is 1. The van der Waals surface area contributed by atoms with E-state index in [9.17, 15) is 9.18 Å². The van der Waals surface area contributed by atoms with Gasteiger partial charge in [-0.25, -0.2) is 4.39 Å². The number of methoxy groups -OCH3 is 1. The molecule has 1 aromatic heterocycles. The lowest BCUT2D eigenvalue weighted by Gasteiger charge is -2.32. The summed E-state index contributed by atoms with van der Waals surface area (Å²) >= 11 is 0. The van der Waals surface area contributed by atoms with Gasteiger partial charge in [0.15, 0.2) is 11.6 Å². The van der Waals surface area contributed by atoms with Gasteiger partial charge in [-0.2, -0.15) is 0 Å². The lowest BCUT2D eigenvalue weighted by atomic mass is 9.90. The molecule has 1 fully saturated rings. The molecule has 4 nitrogen and oxygen atoms in total. The van der Waals surface area contributed by atoms with Crippen LogP contribution in [0.2, 0.25) is 0 Å². The molecule has 0 spiro atoms. The van der Waals surface area contributed by atoms with E-state index in [-0.39, 0.29) is 11.7 Å². The Balaban J connectivity index is 1.58. The molecule has 2 heterocycles. The van der Waals surface area contributed by atoms with Gasteiger partial charge in [-0.1, -0.05) is 0 Å². The van der Waals surface area contributed by atoms with Crippen LogP contribution in [0.25, 0.3) is 0 Å². The minimum absolute atomic E-state index is 0.112. The highest BCUT2D eigenvalue weighted by Gasteiger charge is 2.24. The number of amides is 1. The van der Waals surface area contributed by atoms with Crippen molar-refractivity contribution in [3.05, 3.63) is 59.7 Å². The molecular weight excluding hydrogens is 307 g/mol. The Morgan fingerprint density at radius 3 is 2.58 bits per heavy atom. The molecule has 0 bridgehead atoms. The van der Waals surface area contributed by atoms with Gasteiger partial charge in [-0.3, -0.25) is 9.78 Å². The third-order valence-corrected chi connectivity index (χ3v) is 4.57. The van der Waals surface area contributed by atoms with Crippen LogP contribution >= 0.6 is 0 Å². The first-order chi connectivity index (χ1) is 11.7. The molecule has 1 aliphatic heterocycles. The van der Waals surface area contributed by atoms with Gasteiger partial charge in [-0.05, 0) is 61.1 Å². The van der Waals surface area contributed by atoms with Gasteiger partial charge >= 0.3 is 0 Å². The normalized spacial score (nSPS) is 15.3. The Hall–Kier alpha value is -2.43. The van der Waals surface area contributed by atoms with Crippen LogP contribution in [0.3, 0.4) is 0 Å².